The molecular formula is C39H49F2N5O5. The van der Waals surface area contributed by atoms with E-state index in [0.717, 1.165) is 24.8 Å². The number of alkyl halides is 2. The number of likely N-dealkylation sites (tertiary alicyclic amines) is 1. The van der Waals surface area contributed by atoms with Gasteiger partial charge in [-0.1, -0.05) is 70.5 Å². The van der Waals surface area contributed by atoms with E-state index in [1.165, 1.54) is 11.1 Å². The molecule has 1 aromatic carbocycles. The van der Waals surface area contributed by atoms with Crippen molar-refractivity contribution in [2.75, 3.05) is 6.54 Å². The van der Waals surface area contributed by atoms with E-state index < -0.39 is 78.3 Å². The molecule has 4 amide bonds. The lowest BCUT2D eigenvalue weighted by atomic mass is 9.84. The summed E-state index contributed by atoms with van der Waals surface area (Å²) in [7, 11) is 0. The number of hydrogen-bond donors (Lipinski definition) is 3. The zero-order chi connectivity index (χ0) is 37.0. The Balaban J connectivity index is 1.39. The van der Waals surface area contributed by atoms with E-state index >= 15 is 0 Å². The van der Waals surface area contributed by atoms with Gasteiger partial charge in [-0.2, -0.15) is 0 Å². The van der Waals surface area contributed by atoms with Crippen molar-refractivity contribution in [3.8, 4) is 0 Å². The first-order chi connectivity index (χ1) is 24.2. The van der Waals surface area contributed by atoms with Crippen molar-refractivity contribution >= 4 is 40.3 Å². The fourth-order valence-electron chi connectivity index (χ4n) is 7.86. The van der Waals surface area contributed by atoms with Crippen LogP contribution in [0.1, 0.15) is 83.5 Å². The minimum absolute atomic E-state index is 0.00246. The van der Waals surface area contributed by atoms with E-state index in [1.54, 1.807) is 31.2 Å². The van der Waals surface area contributed by atoms with Crippen molar-refractivity contribution < 1.29 is 32.8 Å². The van der Waals surface area contributed by atoms with Gasteiger partial charge in [-0.15, -0.1) is 0 Å². The highest BCUT2D eigenvalue weighted by Crippen LogP contribution is 2.46. The van der Waals surface area contributed by atoms with Crippen LogP contribution in [0.5, 0.6) is 0 Å². The Hall–Kier alpha value is -4.48. The van der Waals surface area contributed by atoms with E-state index in [1.807, 2.05) is 52.0 Å². The number of allylic oxidation sites excluding steroid dienone is 3. The monoisotopic (exact) mass is 705 g/mol. The number of fused-ring (bicyclic) bond motifs is 2. The highest BCUT2D eigenvalue weighted by Gasteiger charge is 2.54. The number of carbonyl (C=O) groups excluding carboxylic acids is 5. The van der Waals surface area contributed by atoms with Crippen LogP contribution in [0.25, 0.3) is 10.9 Å². The minimum Gasteiger partial charge on any atom is -0.344 e. The lowest BCUT2D eigenvalue weighted by Crippen LogP contribution is -2.60. The molecule has 5 rings (SSSR count). The highest BCUT2D eigenvalue weighted by atomic mass is 19.3. The van der Waals surface area contributed by atoms with Gasteiger partial charge < -0.3 is 20.9 Å². The molecule has 3 N–H and O–H groups in total. The van der Waals surface area contributed by atoms with Crippen LogP contribution >= 0.6 is 0 Å². The number of aromatic nitrogens is 1. The standard InChI is InChI=1S/C39H49F2N5O5/c1-22-15-16-25-21-46(38(51)34(39(3,4)5)45-35(48)27-19-20-42-28-14-10-9-13-26(27)28)32(31(22)25)36(49)44-29(17-18-30(40)41)33(47)37(50)43-23(2)24-11-7-6-8-12-24/h6-7,9-11,13-14,19-20,22-23,25,29-32,34H,8,12,15-18,21H2,1-5H3,(H,43,50)(H,44,49)(H,45,48)/t22-,23+,25+,29?,31+,32+,34-/m1/s1. The summed E-state index contributed by atoms with van der Waals surface area (Å²) in [4.78, 5) is 75.0. The summed E-state index contributed by atoms with van der Waals surface area (Å²) in [5.74, 6) is -3.76. The number of nitrogens with one attached hydrogen (secondary N) is 3. The third-order valence-corrected chi connectivity index (χ3v) is 10.6. The summed E-state index contributed by atoms with van der Waals surface area (Å²) in [6.07, 6.45) is 6.50. The second-order valence-electron chi connectivity index (χ2n) is 15.3. The zero-order valence-electron chi connectivity index (χ0n) is 30.0. The Morgan fingerprint density at radius 1 is 1.00 bits per heavy atom. The van der Waals surface area contributed by atoms with Crippen LogP contribution in [0, 0.1) is 23.2 Å². The minimum atomic E-state index is -2.75. The summed E-state index contributed by atoms with van der Waals surface area (Å²) in [5, 5.41) is 8.87. The summed E-state index contributed by atoms with van der Waals surface area (Å²) in [6.45, 7) is 9.51. The summed E-state index contributed by atoms with van der Waals surface area (Å²) in [5.41, 5.74) is 1.14. The molecule has 2 aromatic rings. The number of halogens is 2. The fourth-order valence-corrected chi connectivity index (χ4v) is 7.86. The molecule has 12 heteroatoms. The van der Waals surface area contributed by atoms with Gasteiger partial charge in [0.2, 0.25) is 24.0 Å². The Bertz CT molecular complexity index is 1710. The average molecular weight is 706 g/mol. The van der Waals surface area contributed by atoms with E-state index in [4.69, 9.17) is 0 Å². The topological polar surface area (TPSA) is 138 Å². The van der Waals surface area contributed by atoms with Gasteiger partial charge in [-0.25, -0.2) is 8.78 Å². The van der Waals surface area contributed by atoms with Crippen molar-refractivity contribution in [3.63, 3.8) is 0 Å². The molecular weight excluding hydrogens is 656 g/mol. The molecule has 0 radical (unpaired) electrons. The SMILES string of the molecule is C[C@H](NC(=O)C(=O)C(CCC(F)F)NC(=O)[C@@H]1[C@@H]2[C@@H](CC[C@H]2C)CN1C(=O)[C@@H](NC(=O)c1ccnc2ccccc12)C(C)(C)C)C1=CC=CCC1. The van der Waals surface area contributed by atoms with E-state index in [9.17, 15) is 32.8 Å². The molecule has 1 aromatic heterocycles. The summed E-state index contributed by atoms with van der Waals surface area (Å²) < 4.78 is 26.9. The van der Waals surface area contributed by atoms with Gasteiger partial charge >= 0.3 is 0 Å². The Labute approximate surface area is 297 Å². The number of amides is 4. The first-order valence-electron chi connectivity index (χ1n) is 17.9. The van der Waals surface area contributed by atoms with Crippen LogP contribution in [0.2, 0.25) is 0 Å². The number of nitrogens with zero attached hydrogens (tertiary/aromatic N) is 2. The predicted octanol–water partition coefficient (Wildman–Crippen LogP) is 5.13. The molecule has 1 aliphatic heterocycles. The second kappa shape index (κ2) is 15.8. The molecule has 2 heterocycles. The highest BCUT2D eigenvalue weighted by molar-refractivity contribution is 6.38. The van der Waals surface area contributed by atoms with Gasteiger partial charge in [0.15, 0.2) is 0 Å². The number of carbonyl (C=O) groups is 5. The molecule has 7 atom stereocenters. The Morgan fingerprint density at radius 2 is 1.75 bits per heavy atom. The first-order valence-corrected chi connectivity index (χ1v) is 17.9. The van der Waals surface area contributed by atoms with Crippen LogP contribution in [0.15, 0.2) is 60.3 Å². The van der Waals surface area contributed by atoms with Crippen LogP contribution in [-0.2, 0) is 19.2 Å². The Morgan fingerprint density at radius 3 is 2.43 bits per heavy atom. The molecule has 3 aliphatic rings. The van der Waals surface area contributed by atoms with E-state index in [-0.39, 0.29) is 24.3 Å². The number of ketones is 1. The molecule has 274 valence electrons. The van der Waals surface area contributed by atoms with Gasteiger partial charge in [-0.3, -0.25) is 29.0 Å². The smallest absolute Gasteiger partial charge is 0.290 e. The third kappa shape index (κ3) is 8.53. The quantitative estimate of drug-likeness (QED) is 0.262. The number of para-hydroxylation sites is 1. The van der Waals surface area contributed by atoms with Crippen LogP contribution in [-0.4, -0.2) is 76.4 Å². The van der Waals surface area contributed by atoms with Crippen molar-refractivity contribution in [1.29, 1.82) is 0 Å². The lowest BCUT2D eigenvalue weighted by Gasteiger charge is -2.37. The lowest BCUT2D eigenvalue weighted by molar-refractivity contribution is -0.145. The molecule has 2 aliphatic carbocycles. The molecule has 0 spiro atoms. The normalized spacial score (nSPS) is 23.3. The molecule has 1 unspecified atom stereocenters. The molecule has 0 bridgehead atoms. The van der Waals surface area contributed by atoms with Crippen molar-refractivity contribution in [1.82, 2.24) is 25.8 Å². The van der Waals surface area contributed by atoms with Crippen molar-refractivity contribution in [3.05, 3.63) is 65.9 Å². The van der Waals surface area contributed by atoms with Crippen molar-refractivity contribution in [2.45, 2.75) is 104 Å². The maximum absolute atomic E-state index is 14.6. The fraction of sp³-hybridized carbons (Fsp3) is 0.538. The maximum Gasteiger partial charge on any atom is 0.290 e. The molecule has 1 saturated heterocycles. The van der Waals surface area contributed by atoms with Crippen LogP contribution in [0.3, 0.4) is 0 Å². The molecule has 2 fully saturated rings. The van der Waals surface area contributed by atoms with Crippen LogP contribution < -0.4 is 16.0 Å². The van der Waals surface area contributed by atoms with Crippen molar-refractivity contribution in [2.24, 2.45) is 23.2 Å². The van der Waals surface area contributed by atoms with Gasteiger partial charge in [0.1, 0.15) is 12.1 Å². The predicted molar refractivity (Wildman–Crippen MR) is 190 cm³/mol. The Kier molecular flexibility index (Phi) is 11.7. The van der Waals surface area contributed by atoms with Crippen LogP contribution in [0.4, 0.5) is 8.78 Å². The number of pyridine rings is 1. The summed E-state index contributed by atoms with van der Waals surface area (Å²) in [6, 6.07) is 4.77. The van der Waals surface area contributed by atoms with Gasteiger partial charge in [0.25, 0.3) is 11.8 Å². The van der Waals surface area contributed by atoms with E-state index in [2.05, 4.69) is 20.9 Å². The number of hydrogen-bond acceptors (Lipinski definition) is 6. The first kappa shape index (κ1) is 37.8. The van der Waals surface area contributed by atoms with Gasteiger partial charge in [-0.05, 0) is 73.5 Å². The number of rotatable bonds is 12. The zero-order valence-corrected chi connectivity index (χ0v) is 30.0. The third-order valence-electron chi connectivity index (χ3n) is 10.6. The maximum atomic E-state index is 14.6. The average Bonchev–Trinajstić information content (AvgIpc) is 3.67. The molecule has 1 saturated carbocycles. The van der Waals surface area contributed by atoms with Gasteiger partial charge in [0.05, 0.1) is 17.1 Å². The summed E-state index contributed by atoms with van der Waals surface area (Å²) >= 11 is 0. The number of benzene rings is 1. The second-order valence-corrected chi connectivity index (χ2v) is 15.3. The van der Waals surface area contributed by atoms with Gasteiger partial charge in [0, 0.05) is 30.6 Å². The molecule has 10 nitrogen and oxygen atoms in total. The largest absolute Gasteiger partial charge is 0.344 e. The molecule has 51 heavy (non-hydrogen) atoms. The number of Topliss-reactive ketones (excluding diaryl/α,β-unsaturated/α-hetero) is 1. The van der Waals surface area contributed by atoms with E-state index in [0.29, 0.717) is 22.9 Å².